The maximum Gasteiger partial charge on any atom is 0.193 e. The van der Waals surface area contributed by atoms with Crippen LogP contribution in [0.1, 0.15) is 21.1 Å². The number of aliphatic hydroxyl groups is 1. The molecule has 0 radical (unpaired) electrons. The molecule has 5 heteroatoms. The Labute approximate surface area is 80.2 Å². The molecule has 0 fully saturated rings. The Morgan fingerprint density at radius 3 is 3.08 bits per heavy atom. The molecule has 0 saturated heterocycles. The number of Topliss-reactive ketones (excluding diaryl/α,β-unsaturated/α-hetero) is 1. The first-order chi connectivity index (χ1) is 6.24. The number of aliphatic hydroxyl groups excluding tert-OH is 1. The van der Waals surface area contributed by atoms with Crippen molar-refractivity contribution in [2.45, 2.75) is 13.3 Å². The molecule has 0 aromatic carbocycles. The van der Waals surface area contributed by atoms with Crippen molar-refractivity contribution in [3.63, 3.8) is 0 Å². The summed E-state index contributed by atoms with van der Waals surface area (Å²) in [4.78, 5) is 16.3. The highest BCUT2D eigenvalue weighted by atomic mass is 32.1. The van der Waals surface area contributed by atoms with Gasteiger partial charge >= 0.3 is 0 Å². The summed E-state index contributed by atoms with van der Waals surface area (Å²) in [7, 11) is 0. The topological polar surface area (TPSA) is 59.4 Å². The summed E-state index contributed by atoms with van der Waals surface area (Å²) in [5.41, 5.74) is 0. The van der Waals surface area contributed by atoms with Gasteiger partial charge in [0.2, 0.25) is 0 Å². The Morgan fingerprint density at radius 2 is 2.54 bits per heavy atom. The Balaban J connectivity index is 2.40. The van der Waals surface area contributed by atoms with Crippen molar-refractivity contribution in [3.8, 4) is 0 Å². The van der Waals surface area contributed by atoms with E-state index in [1.807, 2.05) is 6.92 Å². The molecule has 0 atom stereocenters. The van der Waals surface area contributed by atoms with Gasteiger partial charge in [0.25, 0.3) is 0 Å². The van der Waals surface area contributed by atoms with Crippen molar-refractivity contribution < 1.29 is 14.6 Å². The van der Waals surface area contributed by atoms with Crippen LogP contribution in [0.4, 0.5) is 0 Å². The minimum atomic E-state index is -0.343. The van der Waals surface area contributed by atoms with E-state index in [1.54, 1.807) is 6.20 Å². The van der Waals surface area contributed by atoms with E-state index in [2.05, 4.69) is 9.72 Å². The molecule has 1 N–H and O–H groups in total. The van der Waals surface area contributed by atoms with Crippen LogP contribution in [-0.4, -0.2) is 29.3 Å². The van der Waals surface area contributed by atoms with Gasteiger partial charge in [0, 0.05) is 17.5 Å². The van der Waals surface area contributed by atoms with E-state index >= 15 is 0 Å². The van der Waals surface area contributed by atoms with E-state index in [9.17, 15) is 4.79 Å². The van der Waals surface area contributed by atoms with Crippen LogP contribution >= 0.6 is 11.3 Å². The maximum absolute atomic E-state index is 11.3. The summed E-state index contributed by atoms with van der Waals surface area (Å²) < 4.78 is 4.64. The second-order valence-corrected chi connectivity index (χ2v) is 3.72. The molecule has 0 unspecified atom stereocenters. The van der Waals surface area contributed by atoms with Crippen LogP contribution in [0.3, 0.4) is 0 Å². The van der Waals surface area contributed by atoms with Crippen molar-refractivity contribution in [1.82, 2.24) is 4.98 Å². The van der Waals surface area contributed by atoms with Crippen molar-refractivity contribution >= 4 is 17.1 Å². The van der Waals surface area contributed by atoms with Crippen LogP contribution in [0.2, 0.25) is 0 Å². The number of thiazole rings is 1. The smallest absolute Gasteiger partial charge is 0.193 e. The zero-order chi connectivity index (χ0) is 9.68. The van der Waals surface area contributed by atoms with Gasteiger partial charge in [-0.1, -0.05) is 0 Å². The molecule has 13 heavy (non-hydrogen) atoms. The quantitative estimate of drug-likeness (QED) is 0.438. The Hall–Kier alpha value is -0.780. The first-order valence-electron chi connectivity index (χ1n) is 3.88. The first kappa shape index (κ1) is 10.3. The van der Waals surface area contributed by atoms with Crippen molar-refractivity contribution in [1.29, 1.82) is 0 Å². The maximum atomic E-state index is 11.3. The molecule has 72 valence electrons. The minimum absolute atomic E-state index is 0.0356. The van der Waals surface area contributed by atoms with Crippen LogP contribution in [0, 0.1) is 6.92 Å². The molecule has 1 rings (SSSR count). The molecule has 0 aliphatic rings. The molecule has 0 spiro atoms. The number of rotatable bonds is 5. The van der Waals surface area contributed by atoms with Gasteiger partial charge in [-0.25, -0.2) is 4.98 Å². The van der Waals surface area contributed by atoms with E-state index in [4.69, 9.17) is 5.11 Å². The summed E-state index contributed by atoms with van der Waals surface area (Å²) in [5, 5.41) is 8.82. The fourth-order valence-corrected chi connectivity index (χ4v) is 1.55. The molecular formula is C8H11NO3S. The minimum Gasteiger partial charge on any atom is -0.371 e. The molecule has 0 saturated carbocycles. The molecule has 0 aliphatic heterocycles. The molecular weight excluding hydrogens is 190 g/mol. The summed E-state index contributed by atoms with van der Waals surface area (Å²) in [6.45, 7) is 1.80. The Kier molecular flexibility index (Phi) is 4.01. The summed E-state index contributed by atoms with van der Waals surface area (Å²) >= 11 is 1.38. The van der Waals surface area contributed by atoms with Crippen molar-refractivity contribution in [2.75, 3.05) is 13.4 Å². The summed E-state index contributed by atoms with van der Waals surface area (Å²) in [6, 6.07) is 0. The van der Waals surface area contributed by atoms with Gasteiger partial charge in [-0.05, 0) is 6.92 Å². The lowest BCUT2D eigenvalue weighted by molar-refractivity contribution is -0.000853. The number of nitrogens with zero attached hydrogens (tertiary/aromatic N) is 1. The number of ether oxygens (including phenoxy) is 1. The van der Waals surface area contributed by atoms with Crippen LogP contribution in [0.15, 0.2) is 6.20 Å². The average molecular weight is 201 g/mol. The summed E-state index contributed by atoms with van der Waals surface area (Å²) in [6.07, 6.45) is 1.94. The Bertz CT molecular complexity index is 285. The monoisotopic (exact) mass is 201 g/mol. The van der Waals surface area contributed by atoms with Crippen molar-refractivity contribution in [2.24, 2.45) is 0 Å². The van der Waals surface area contributed by atoms with Crippen LogP contribution in [-0.2, 0) is 4.74 Å². The number of carbonyl (C=O) groups excluding carboxylic acids is 1. The molecule has 4 nitrogen and oxygen atoms in total. The molecule has 1 aromatic heterocycles. The second kappa shape index (κ2) is 5.06. The van der Waals surface area contributed by atoms with Gasteiger partial charge in [-0.3, -0.25) is 4.79 Å². The van der Waals surface area contributed by atoms with Gasteiger partial charge in [-0.2, -0.15) is 0 Å². The highest BCUT2D eigenvalue weighted by Gasteiger charge is 2.08. The van der Waals surface area contributed by atoms with Crippen LogP contribution < -0.4 is 0 Å². The molecule has 0 aliphatic carbocycles. The summed E-state index contributed by atoms with van der Waals surface area (Å²) in [5.74, 6) is -0.0356. The third-order valence-corrected chi connectivity index (χ3v) is 2.38. The largest absolute Gasteiger partial charge is 0.371 e. The molecule has 1 heterocycles. The zero-order valence-corrected chi connectivity index (χ0v) is 8.13. The standard InChI is InChI=1S/C8H11NO3S/c1-6-4-9-8(13-6)7(11)2-3-12-5-10/h4,10H,2-3,5H2,1H3. The number of hydrogen-bond acceptors (Lipinski definition) is 5. The lowest BCUT2D eigenvalue weighted by Gasteiger charge is -1.96. The van der Waals surface area contributed by atoms with Gasteiger partial charge in [0.15, 0.2) is 10.8 Å². The molecule has 0 amide bonds. The molecule has 1 aromatic rings. The normalized spacial score (nSPS) is 10.3. The van der Waals surface area contributed by atoms with E-state index in [1.165, 1.54) is 11.3 Å². The van der Waals surface area contributed by atoms with Gasteiger partial charge in [-0.15, -0.1) is 11.3 Å². The number of aromatic nitrogens is 1. The number of ketones is 1. The van der Waals surface area contributed by atoms with Crippen LogP contribution in [0.25, 0.3) is 0 Å². The highest BCUT2D eigenvalue weighted by Crippen LogP contribution is 2.12. The number of hydrogen-bond donors (Lipinski definition) is 1. The van der Waals surface area contributed by atoms with Gasteiger partial charge < -0.3 is 9.84 Å². The third kappa shape index (κ3) is 3.22. The molecule has 0 bridgehead atoms. The van der Waals surface area contributed by atoms with Gasteiger partial charge in [0.1, 0.15) is 6.79 Å². The number of aryl methyl sites for hydroxylation is 1. The van der Waals surface area contributed by atoms with E-state index < -0.39 is 0 Å². The fraction of sp³-hybridized carbons (Fsp3) is 0.500. The van der Waals surface area contributed by atoms with E-state index in [-0.39, 0.29) is 25.6 Å². The average Bonchev–Trinajstić information content (AvgIpc) is 2.52. The predicted octanol–water partition coefficient (Wildman–Crippen LogP) is 0.991. The fourth-order valence-electron chi connectivity index (χ4n) is 0.820. The van der Waals surface area contributed by atoms with Gasteiger partial charge in [0.05, 0.1) is 6.61 Å². The predicted molar refractivity (Wildman–Crippen MR) is 48.8 cm³/mol. The van der Waals surface area contributed by atoms with Crippen molar-refractivity contribution in [3.05, 3.63) is 16.1 Å². The zero-order valence-electron chi connectivity index (χ0n) is 7.32. The second-order valence-electron chi connectivity index (χ2n) is 2.49. The highest BCUT2D eigenvalue weighted by molar-refractivity contribution is 7.13. The SMILES string of the molecule is Cc1cnc(C(=O)CCOCO)s1. The lowest BCUT2D eigenvalue weighted by atomic mass is 10.3. The van der Waals surface area contributed by atoms with E-state index in [0.717, 1.165) is 4.88 Å². The number of carbonyl (C=O) groups is 1. The lowest BCUT2D eigenvalue weighted by Crippen LogP contribution is -2.04. The third-order valence-electron chi connectivity index (χ3n) is 1.42. The first-order valence-corrected chi connectivity index (χ1v) is 4.70. The van der Waals surface area contributed by atoms with Crippen LogP contribution in [0.5, 0.6) is 0 Å². The van der Waals surface area contributed by atoms with E-state index in [0.29, 0.717) is 5.01 Å². The Morgan fingerprint density at radius 1 is 1.77 bits per heavy atom.